The molecule has 1 amide bonds. The number of esters is 1. The molecule has 13 heavy (non-hydrogen) atoms. The lowest BCUT2D eigenvalue weighted by Gasteiger charge is -2.12. The van der Waals surface area contributed by atoms with Gasteiger partial charge in [0.25, 0.3) is 0 Å². The maximum Gasteiger partial charge on any atom is 0.407 e. The molecule has 0 aromatic heterocycles. The normalized spacial score (nSPS) is 11.6. The number of rotatable bonds is 4. The maximum atomic E-state index is 10.6. The van der Waals surface area contributed by atoms with Gasteiger partial charge in [-0.1, -0.05) is 0 Å². The molecular weight excluding hydrogens is 198 g/mol. The Labute approximate surface area is 81.3 Å². The Morgan fingerprint density at radius 3 is 2.62 bits per heavy atom. The Kier molecular flexibility index (Phi) is 6.05. The van der Waals surface area contributed by atoms with Crippen LogP contribution in [0.15, 0.2) is 0 Å². The fourth-order valence-corrected chi connectivity index (χ4v) is 0.602. The molecule has 0 rings (SSSR count). The first kappa shape index (κ1) is 12.0. The SMILES string of the molecule is CNC(=O)OC(C)COC(=O)CCl. The summed E-state index contributed by atoms with van der Waals surface area (Å²) >= 11 is 5.17. The number of alkyl halides is 1. The summed E-state index contributed by atoms with van der Waals surface area (Å²) in [6.45, 7) is 1.62. The van der Waals surface area contributed by atoms with Gasteiger partial charge in [0.05, 0.1) is 0 Å². The second-order valence-electron chi connectivity index (χ2n) is 2.28. The van der Waals surface area contributed by atoms with Crippen LogP contribution < -0.4 is 5.32 Å². The van der Waals surface area contributed by atoms with Crippen LogP contribution >= 0.6 is 11.6 Å². The van der Waals surface area contributed by atoms with Gasteiger partial charge in [-0.05, 0) is 6.92 Å². The van der Waals surface area contributed by atoms with Crippen molar-refractivity contribution in [1.29, 1.82) is 0 Å². The van der Waals surface area contributed by atoms with E-state index in [2.05, 4.69) is 10.1 Å². The summed E-state index contributed by atoms with van der Waals surface area (Å²) < 4.78 is 9.35. The van der Waals surface area contributed by atoms with E-state index >= 15 is 0 Å². The van der Waals surface area contributed by atoms with Crippen LogP contribution in [0.25, 0.3) is 0 Å². The van der Waals surface area contributed by atoms with Crippen molar-refractivity contribution in [3.63, 3.8) is 0 Å². The molecule has 0 radical (unpaired) electrons. The smallest absolute Gasteiger partial charge is 0.407 e. The monoisotopic (exact) mass is 209 g/mol. The standard InChI is InChI=1S/C7H12ClNO4/c1-5(13-7(11)9-2)4-12-6(10)3-8/h5H,3-4H2,1-2H3,(H,9,11). The predicted molar refractivity (Wildman–Crippen MR) is 46.7 cm³/mol. The summed E-state index contributed by atoms with van der Waals surface area (Å²) in [4.78, 5) is 21.2. The van der Waals surface area contributed by atoms with Gasteiger partial charge in [0.1, 0.15) is 18.6 Å². The largest absolute Gasteiger partial charge is 0.461 e. The first-order chi connectivity index (χ1) is 6.10. The van der Waals surface area contributed by atoms with Gasteiger partial charge in [-0.2, -0.15) is 0 Å². The number of carbonyl (C=O) groups excluding carboxylic acids is 2. The van der Waals surface area contributed by atoms with E-state index in [1.165, 1.54) is 7.05 Å². The number of alkyl carbamates (subject to hydrolysis) is 1. The fourth-order valence-electron chi connectivity index (χ4n) is 0.525. The Balaban J connectivity index is 3.56. The maximum absolute atomic E-state index is 10.6. The summed E-state index contributed by atoms with van der Waals surface area (Å²) in [5.41, 5.74) is 0. The number of ether oxygens (including phenoxy) is 2. The van der Waals surface area contributed by atoms with Crippen LogP contribution in [0.1, 0.15) is 6.92 Å². The third kappa shape index (κ3) is 6.21. The van der Waals surface area contributed by atoms with Crippen molar-refractivity contribution in [3.8, 4) is 0 Å². The van der Waals surface area contributed by atoms with Gasteiger partial charge >= 0.3 is 12.1 Å². The molecule has 0 aromatic carbocycles. The lowest BCUT2D eigenvalue weighted by molar-refractivity contribution is -0.143. The lowest BCUT2D eigenvalue weighted by atomic mass is 10.4. The molecule has 0 aliphatic rings. The molecule has 1 unspecified atom stereocenters. The first-order valence-electron chi connectivity index (χ1n) is 3.70. The van der Waals surface area contributed by atoms with Crippen molar-refractivity contribution in [2.75, 3.05) is 19.5 Å². The quantitative estimate of drug-likeness (QED) is 0.541. The molecular formula is C7H12ClNO4. The molecule has 1 atom stereocenters. The van der Waals surface area contributed by atoms with Crippen molar-refractivity contribution in [2.24, 2.45) is 0 Å². The molecule has 0 heterocycles. The highest BCUT2D eigenvalue weighted by molar-refractivity contribution is 6.26. The molecule has 0 bridgehead atoms. The van der Waals surface area contributed by atoms with Gasteiger partial charge in [0.2, 0.25) is 0 Å². The van der Waals surface area contributed by atoms with Crippen molar-refractivity contribution in [3.05, 3.63) is 0 Å². The van der Waals surface area contributed by atoms with E-state index in [9.17, 15) is 9.59 Å². The van der Waals surface area contributed by atoms with Crippen LogP contribution in [0, 0.1) is 0 Å². The summed E-state index contributed by atoms with van der Waals surface area (Å²) in [7, 11) is 1.44. The number of halogens is 1. The van der Waals surface area contributed by atoms with E-state index in [-0.39, 0.29) is 12.5 Å². The van der Waals surface area contributed by atoms with Crippen LogP contribution in [0.3, 0.4) is 0 Å². The van der Waals surface area contributed by atoms with Crippen molar-refractivity contribution in [1.82, 2.24) is 5.32 Å². The molecule has 0 aliphatic carbocycles. The molecule has 0 aliphatic heterocycles. The van der Waals surface area contributed by atoms with E-state index in [1.54, 1.807) is 6.92 Å². The minimum atomic E-state index is -0.561. The van der Waals surface area contributed by atoms with E-state index in [0.717, 1.165) is 0 Å². The number of nitrogens with one attached hydrogen (secondary N) is 1. The molecule has 0 saturated heterocycles. The van der Waals surface area contributed by atoms with Crippen molar-refractivity contribution < 1.29 is 19.1 Å². The van der Waals surface area contributed by atoms with Crippen molar-refractivity contribution in [2.45, 2.75) is 13.0 Å². The van der Waals surface area contributed by atoms with Crippen LogP contribution in [-0.4, -0.2) is 37.7 Å². The highest BCUT2D eigenvalue weighted by Crippen LogP contribution is 1.93. The molecule has 76 valence electrons. The fraction of sp³-hybridized carbons (Fsp3) is 0.714. The average molecular weight is 210 g/mol. The van der Waals surface area contributed by atoms with Gasteiger partial charge < -0.3 is 14.8 Å². The van der Waals surface area contributed by atoms with E-state index in [4.69, 9.17) is 16.3 Å². The summed E-state index contributed by atoms with van der Waals surface area (Å²) in [5, 5.41) is 2.27. The Bertz CT molecular complexity index is 185. The third-order valence-corrected chi connectivity index (χ3v) is 1.32. The molecule has 0 fully saturated rings. The van der Waals surface area contributed by atoms with Crippen LogP contribution in [0.5, 0.6) is 0 Å². The average Bonchev–Trinajstić information content (AvgIpc) is 2.13. The van der Waals surface area contributed by atoms with Crippen LogP contribution in [-0.2, 0) is 14.3 Å². The van der Waals surface area contributed by atoms with Gasteiger partial charge in [0.15, 0.2) is 0 Å². The topological polar surface area (TPSA) is 64.6 Å². The molecule has 6 heteroatoms. The third-order valence-electron chi connectivity index (χ3n) is 1.10. The van der Waals surface area contributed by atoms with E-state index in [0.29, 0.717) is 0 Å². The number of hydrogen-bond donors (Lipinski definition) is 1. The Hall–Kier alpha value is -0.970. The Morgan fingerprint density at radius 1 is 1.54 bits per heavy atom. The molecule has 0 aromatic rings. The lowest BCUT2D eigenvalue weighted by Crippen LogP contribution is -2.28. The zero-order chi connectivity index (χ0) is 10.3. The zero-order valence-electron chi connectivity index (χ0n) is 7.50. The Morgan fingerprint density at radius 2 is 2.15 bits per heavy atom. The first-order valence-corrected chi connectivity index (χ1v) is 4.23. The van der Waals surface area contributed by atoms with Gasteiger partial charge in [-0.25, -0.2) is 4.79 Å². The highest BCUT2D eigenvalue weighted by Gasteiger charge is 2.09. The summed E-state index contributed by atoms with van der Waals surface area (Å²) in [5.74, 6) is -0.735. The van der Waals surface area contributed by atoms with Gasteiger partial charge in [-0.3, -0.25) is 4.79 Å². The molecule has 0 spiro atoms. The van der Waals surface area contributed by atoms with Gasteiger partial charge in [-0.15, -0.1) is 11.6 Å². The minimum Gasteiger partial charge on any atom is -0.461 e. The number of hydrogen-bond acceptors (Lipinski definition) is 4. The minimum absolute atomic E-state index is 0.0129. The molecule has 5 nitrogen and oxygen atoms in total. The highest BCUT2D eigenvalue weighted by atomic mass is 35.5. The van der Waals surface area contributed by atoms with Crippen molar-refractivity contribution >= 4 is 23.7 Å². The predicted octanol–water partition coefficient (Wildman–Crippen LogP) is 0.513. The van der Waals surface area contributed by atoms with E-state index < -0.39 is 18.2 Å². The second kappa shape index (κ2) is 6.54. The second-order valence-corrected chi connectivity index (χ2v) is 2.55. The summed E-state index contributed by atoms with van der Waals surface area (Å²) in [6.07, 6.45) is -1.04. The van der Waals surface area contributed by atoms with Gasteiger partial charge in [0, 0.05) is 7.05 Å². The molecule has 1 N–H and O–H groups in total. The molecule has 0 saturated carbocycles. The summed E-state index contributed by atoms with van der Waals surface area (Å²) in [6, 6.07) is 0. The number of amides is 1. The van der Waals surface area contributed by atoms with E-state index in [1.807, 2.05) is 0 Å². The van der Waals surface area contributed by atoms with Crippen LogP contribution in [0.4, 0.5) is 4.79 Å². The van der Waals surface area contributed by atoms with Crippen LogP contribution in [0.2, 0.25) is 0 Å². The zero-order valence-corrected chi connectivity index (χ0v) is 8.26. The number of carbonyl (C=O) groups is 2.